The van der Waals surface area contributed by atoms with Crippen LogP contribution in [0.4, 0.5) is 0 Å². The lowest BCUT2D eigenvalue weighted by Crippen LogP contribution is -2.24. The standard InChI is InChI=1S/C10H18O2/c11-7-9-6-10(8-12-9)4-2-1-3-5-10/h9,11H,1-8H2/t9-/m1/s1. The smallest absolute Gasteiger partial charge is 0.0812 e. The van der Waals surface area contributed by atoms with Crippen LogP contribution in [0.15, 0.2) is 0 Å². The molecule has 1 spiro atoms. The molecule has 0 aromatic heterocycles. The molecule has 2 nitrogen and oxygen atoms in total. The minimum absolute atomic E-state index is 0.142. The first-order chi connectivity index (χ1) is 5.85. The van der Waals surface area contributed by atoms with Gasteiger partial charge in [-0.3, -0.25) is 0 Å². The lowest BCUT2D eigenvalue weighted by molar-refractivity contribution is 0.0492. The van der Waals surface area contributed by atoms with Crippen molar-refractivity contribution in [1.82, 2.24) is 0 Å². The number of ether oxygens (including phenoxy) is 1. The highest BCUT2D eigenvalue weighted by Crippen LogP contribution is 2.44. The molecule has 0 aromatic carbocycles. The Bertz CT molecular complexity index is 150. The van der Waals surface area contributed by atoms with Crippen LogP contribution in [0.25, 0.3) is 0 Å². The summed E-state index contributed by atoms with van der Waals surface area (Å²) in [6.45, 7) is 1.11. The molecule has 1 N–H and O–H groups in total. The lowest BCUT2D eigenvalue weighted by Gasteiger charge is -2.31. The molecule has 2 fully saturated rings. The maximum atomic E-state index is 8.96. The molecule has 1 aliphatic carbocycles. The summed E-state index contributed by atoms with van der Waals surface area (Å²) in [5, 5.41) is 8.96. The molecule has 2 heteroatoms. The summed E-state index contributed by atoms with van der Waals surface area (Å²) < 4.78 is 5.55. The van der Waals surface area contributed by atoms with Gasteiger partial charge in [-0.05, 0) is 24.7 Å². The Labute approximate surface area is 73.9 Å². The Hall–Kier alpha value is -0.0800. The molecule has 0 radical (unpaired) electrons. The van der Waals surface area contributed by atoms with Crippen LogP contribution in [0.1, 0.15) is 38.5 Å². The molecule has 1 saturated carbocycles. The van der Waals surface area contributed by atoms with Crippen molar-refractivity contribution < 1.29 is 9.84 Å². The van der Waals surface area contributed by atoms with Crippen molar-refractivity contribution in [2.45, 2.75) is 44.6 Å². The molecular formula is C10H18O2. The van der Waals surface area contributed by atoms with E-state index < -0.39 is 0 Å². The van der Waals surface area contributed by atoms with Gasteiger partial charge in [0.25, 0.3) is 0 Å². The van der Waals surface area contributed by atoms with Gasteiger partial charge >= 0.3 is 0 Å². The van der Waals surface area contributed by atoms with E-state index in [2.05, 4.69) is 0 Å². The maximum Gasteiger partial charge on any atom is 0.0812 e. The van der Waals surface area contributed by atoms with Crippen LogP contribution >= 0.6 is 0 Å². The first-order valence-electron chi connectivity index (χ1n) is 5.07. The molecule has 1 saturated heterocycles. The fourth-order valence-corrected chi connectivity index (χ4v) is 2.66. The zero-order valence-corrected chi connectivity index (χ0v) is 7.59. The summed E-state index contributed by atoms with van der Waals surface area (Å²) in [5.41, 5.74) is 0.464. The van der Waals surface area contributed by atoms with Crippen molar-refractivity contribution >= 4 is 0 Å². The zero-order chi connectivity index (χ0) is 8.44. The largest absolute Gasteiger partial charge is 0.394 e. The summed E-state index contributed by atoms with van der Waals surface area (Å²) >= 11 is 0. The van der Waals surface area contributed by atoms with Gasteiger partial charge in [0.05, 0.1) is 19.3 Å². The molecule has 2 rings (SSSR count). The Morgan fingerprint density at radius 3 is 2.58 bits per heavy atom. The van der Waals surface area contributed by atoms with Gasteiger partial charge in [0.1, 0.15) is 0 Å². The molecule has 0 unspecified atom stereocenters. The highest BCUT2D eigenvalue weighted by atomic mass is 16.5. The van der Waals surface area contributed by atoms with Crippen molar-refractivity contribution in [3.8, 4) is 0 Å². The molecule has 2 aliphatic rings. The average molecular weight is 170 g/mol. The zero-order valence-electron chi connectivity index (χ0n) is 7.59. The van der Waals surface area contributed by atoms with Crippen molar-refractivity contribution in [1.29, 1.82) is 0 Å². The third-order valence-electron chi connectivity index (χ3n) is 3.40. The molecule has 0 amide bonds. The molecule has 70 valence electrons. The summed E-state index contributed by atoms with van der Waals surface area (Å²) in [4.78, 5) is 0. The Morgan fingerprint density at radius 2 is 2.00 bits per heavy atom. The van der Waals surface area contributed by atoms with Gasteiger partial charge in [0, 0.05) is 0 Å². The van der Waals surface area contributed by atoms with Gasteiger partial charge in [0.2, 0.25) is 0 Å². The van der Waals surface area contributed by atoms with Gasteiger partial charge in [-0.25, -0.2) is 0 Å². The number of aliphatic hydroxyl groups is 1. The normalized spacial score (nSPS) is 34.2. The molecule has 0 aromatic rings. The van der Waals surface area contributed by atoms with E-state index >= 15 is 0 Å². The monoisotopic (exact) mass is 170 g/mol. The van der Waals surface area contributed by atoms with Gasteiger partial charge in [0.15, 0.2) is 0 Å². The van der Waals surface area contributed by atoms with Crippen molar-refractivity contribution in [3.63, 3.8) is 0 Å². The third-order valence-corrected chi connectivity index (χ3v) is 3.40. The highest BCUT2D eigenvalue weighted by Gasteiger charge is 2.40. The minimum atomic E-state index is 0.142. The first kappa shape index (κ1) is 8.52. The predicted octanol–water partition coefficient (Wildman–Crippen LogP) is 1.72. The van der Waals surface area contributed by atoms with E-state index in [9.17, 15) is 0 Å². The number of aliphatic hydroxyl groups excluding tert-OH is 1. The average Bonchev–Trinajstić information content (AvgIpc) is 2.50. The molecule has 1 atom stereocenters. The van der Waals surface area contributed by atoms with Crippen LogP contribution in [0.2, 0.25) is 0 Å². The van der Waals surface area contributed by atoms with Crippen molar-refractivity contribution in [2.75, 3.05) is 13.2 Å². The van der Waals surface area contributed by atoms with Gasteiger partial charge < -0.3 is 9.84 Å². The van der Waals surface area contributed by atoms with Crippen LogP contribution in [0.5, 0.6) is 0 Å². The second-order valence-electron chi connectivity index (χ2n) is 4.38. The summed E-state index contributed by atoms with van der Waals surface area (Å²) in [6.07, 6.45) is 8.01. The van der Waals surface area contributed by atoms with E-state index in [1.54, 1.807) is 0 Å². The van der Waals surface area contributed by atoms with E-state index in [0.717, 1.165) is 13.0 Å². The number of rotatable bonds is 1. The summed E-state index contributed by atoms with van der Waals surface area (Å²) in [5.74, 6) is 0. The van der Waals surface area contributed by atoms with Gasteiger partial charge in [-0.2, -0.15) is 0 Å². The van der Waals surface area contributed by atoms with E-state index in [1.165, 1.54) is 32.1 Å². The SMILES string of the molecule is OC[C@H]1CC2(CCCCC2)CO1. The number of hydrogen-bond donors (Lipinski definition) is 1. The highest BCUT2D eigenvalue weighted by molar-refractivity contribution is 4.89. The molecular weight excluding hydrogens is 152 g/mol. The van der Waals surface area contributed by atoms with Crippen molar-refractivity contribution in [2.24, 2.45) is 5.41 Å². The fraction of sp³-hybridized carbons (Fsp3) is 1.00. The van der Waals surface area contributed by atoms with Crippen LogP contribution in [0.3, 0.4) is 0 Å². The number of hydrogen-bond acceptors (Lipinski definition) is 2. The summed E-state index contributed by atoms with van der Waals surface area (Å²) in [7, 11) is 0. The van der Waals surface area contributed by atoms with E-state index in [-0.39, 0.29) is 12.7 Å². The van der Waals surface area contributed by atoms with E-state index in [4.69, 9.17) is 9.84 Å². The fourth-order valence-electron chi connectivity index (χ4n) is 2.66. The van der Waals surface area contributed by atoms with Gasteiger partial charge in [-0.1, -0.05) is 19.3 Å². The molecule has 12 heavy (non-hydrogen) atoms. The minimum Gasteiger partial charge on any atom is -0.394 e. The Balaban J connectivity index is 1.94. The predicted molar refractivity (Wildman–Crippen MR) is 47.0 cm³/mol. The molecule has 0 bridgehead atoms. The van der Waals surface area contributed by atoms with Crippen LogP contribution in [0, 0.1) is 5.41 Å². The molecule has 1 heterocycles. The van der Waals surface area contributed by atoms with Crippen LogP contribution < -0.4 is 0 Å². The topological polar surface area (TPSA) is 29.5 Å². The second-order valence-corrected chi connectivity index (χ2v) is 4.38. The summed E-state index contributed by atoms with van der Waals surface area (Å²) in [6, 6.07) is 0. The quantitative estimate of drug-likeness (QED) is 0.649. The van der Waals surface area contributed by atoms with E-state index in [0.29, 0.717) is 5.41 Å². The van der Waals surface area contributed by atoms with Gasteiger partial charge in [-0.15, -0.1) is 0 Å². The van der Waals surface area contributed by atoms with Crippen molar-refractivity contribution in [3.05, 3.63) is 0 Å². The Kier molecular flexibility index (Phi) is 2.37. The van der Waals surface area contributed by atoms with E-state index in [1.807, 2.05) is 0 Å². The maximum absolute atomic E-state index is 8.96. The lowest BCUT2D eigenvalue weighted by atomic mass is 9.73. The van der Waals surface area contributed by atoms with Crippen LogP contribution in [-0.4, -0.2) is 24.4 Å². The Morgan fingerprint density at radius 1 is 1.25 bits per heavy atom. The third kappa shape index (κ3) is 1.50. The first-order valence-corrected chi connectivity index (χ1v) is 5.07. The molecule has 1 aliphatic heterocycles. The second kappa shape index (κ2) is 3.35. The van der Waals surface area contributed by atoms with Crippen LogP contribution in [-0.2, 0) is 4.74 Å².